The van der Waals surface area contributed by atoms with Crippen molar-refractivity contribution >= 4 is 34.4 Å². The van der Waals surface area contributed by atoms with Gasteiger partial charge in [-0.3, -0.25) is 10.1 Å². The zero-order valence-electron chi connectivity index (χ0n) is 17.9. The molecule has 0 saturated heterocycles. The van der Waals surface area contributed by atoms with Crippen LogP contribution >= 0.6 is 11.6 Å². The number of halogens is 1. The number of ether oxygens (including phenoxy) is 1. The SMILES string of the molecule is CC(C)OC(=O)Nc1cccc(Cl)c1.O=c1cc(-c2ccccc2)oc2cc(O)cc(O)c12. The number of carbonyl (C=O) groups is 1. The molecule has 3 N–H and O–H groups in total. The average molecular weight is 468 g/mol. The normalized spacial score (nSPS) is 10.4. The molecule has 1 amide bonds. The minimum Gasteiger partial charge on any atom is -0.508 e. The molecule has 0 unspecified atom stereocenters. The summed E-state index contributed by atoms with van der Waals surface area (Å²) in [5, 5.41) is 22.3. The molecule has 0 radical (unpaired) electrons. The Morgan fingerprint density at radius 3 is 2.39 bits per heavy atom. The van der Waals surface area contributed by atoms with E-state index in [1.54, 1.807) is 38.1 Å². The number of benzene rings is 3. The Labute approximate surface area is 194 Å². The number of carbonyl (C=O) groups excluding carboxylic acids is 1. The van der Waals surface area contributed by atoms with Crippen LogP contribution in [0.2, 0.25) is 5.02 Å². The summed E-state index contributed by atoms with van der Waals surface area (Å²) in [5.74, 6) is -0.0511. The van der Waals surface area contributed by atoms with Crippen molar-refractivity contribution in [3.8, 4) is 22.8 Å². The van der Waals surface area contributed by atoms with E-state index in [4.69, 9.17) is 20.8 Å². The van der Waals surface area contributed by atoms with Gasteiger partial charge in [0.15, 0.2) is 5.43 Å². The number of phenols is 2. The summed E-state index contributed by atoms with van der Waals surface area (Å²) in [6.45, 7) is 3.58. The zero-order valence-corrected chi connectivity index (χ0v) is 18.7. The number of phenolic OH excluding ortho intramolecular Hbond substituents is 2. The lowest BCUT2D eigenvalue weighted by Gasteiger charge is -2.09. The smallest absolute Gasteiger partial charge is 0.411 e. The molecule has 170 valence electrons. The molecule has 8 heteroatoms. The minimum absolute atomic E-state index is 0.0671. The van der Waals surface area contributed by atoms with Gasteiger partial charge in [-0.25, -0.2) is 4.79 Å². The van der Waals surface area contributed by atoms with Gasteiger partial charge in [0, 0.05) is 34.5 Å². The van der Waals surface area contributed by atoms with Gasteiger partial charge in [-0.05, 0) is 32.0 Å². The van der Waals surface area contributed by atoms with Gasteiger partial charge >= 0.3 is 6.09 Å². The number of fused-ring (bicyclic) bond motifs is 1. The predicted molar refractivity (Wildman–Crippen MR) is 128 cm³/mol. The fraction of sp³-hybridized carbons (Fsp3) is 0.120. The van der Waals surface area contributed by atoms with Crippen molar-refractivity contribution in [2.75, 3.05) is 5.32 Å². The van der Waals surface area contributed by atoms with E-state index in [9.17, 15) is 19.8 Å². The molecule has 4 rings (SSSR count). The van der Waals surface area contributed by atoms with Gasteiger partial charge in [-0.1, -0.05) is 48.0 Å². The molecule has 0 aliphatic rings. The van der Waals surface area contributed by atoms with E-state index < -0.39 is 6.09 Å². The van der Waals surface area contributed by atoms with Gasteiger partial charge in [-0.2, -0.15) is 0 Å². The van der Waals surface area contributed by atoms with Crippen LogP contribution in [-0.2, 0) is 4.74 Å². The van der Waals surface area contributed by atoms with Crippen LogP contribution in [-0.4, -0.2) is 22.4 Å². The molecule has 0 aliphatic heterocycles. The highest BCUT2D eigenvalue weighted by atomic mass is 35.5. The predicted octanol–water partition coefficient (Wildman–Crippen LogP) is 6.17. The molecule has 4 aromatic rings. The summed E-state index contributed by atoms with van der Waals surface area (Å²) in [4.78, 5) is 23.2. The van der Waals surface area contributed by atoms with E-state index in [0.717, 1.165) is 11.6 Å². The molecule has 0 aliphatic carbocycles. The standard InChI is InChI=1S/C15H10O4.C10H12ClNO2/c16-10-6-11(17)15-12(18)8-13(19-14(15)7-10)9-4-2-1-3-5-9;1-7(2)14-10(13)12-9-5-3-4-8(11)6-9/h1-8,16-17H;3-7H,1-2H3,(H,12,13). The molecule has 0 spiro atoms. The highest BCUT2D eigenvalue weighted by Crippen LogP contribution is 2.30. The molecule has 1 heterocycles. The maximum absolute atomic E-state index is 12.0. The fourth-order valence-electron chi connectivity index (χ4n) is 2.93. The van der Waals surface area contributed by atoms with Crippen molar-refractivity contribution in [1.29, 1.82) is 0 Å². The largest absolute Gasteiger partial charge is 0.508 e. The van der Waals surface area contributed by atoms with Crippen LogP contribution in [0.1, 0.15) is 13.8 Å². The lowest BCUT2D eigenvalue weighted by molar-refractivity contribution is 0.130. The Hall–Kier alpha value is -3.97. The van der Waals surface area contributed by atoms with Gasteiger partial charge in [0.2, 0.25) is 0 Å². The Morgan fingerprint density at radius 2 is 1.73 bits per heavy atom. The lowest BCUT2D eigenvalue weighted by Crippen LogP contribution is -2.17. The monoisotopic (exact) mass is 467 g/mol. The summed E-state index contributed by atoms with van der Waals surface area (Å²) in [7, 11) is 0. The van der Waals surface area contributed by atoms with Crippen molar-refractivity contribution in [3.05, 3.63) is 88.0 Å². The van der Waals surface area contributed by atoms with Crippen LogP contribution in [0.15, 0.2) is 82.0 Å². The van der Waals surface area contributed by atoms with Crippen LogP contribution in [0.5, 0.6) is 11.5 Å². The second kappa shape index (κ2) is 10.6. The van der Waals surface area contributed by atoms with Gasteiger partial charge in [-0.15, -0.1) is 0 Å². The lowest BCUT2D eigenvalue weighted by atomic mass is 10.1. The summed E-state index contributed by atoms with van der Waals surface area (Å²) in [6, 6.07) is 19.8. The maximum Gasteiger partial charge on any atom is 0.411 e. The van der Waals surface area contributed by atoms with E-state index in [0.29, 0.717) is 16.5 Å². The van der Waals surface area contributed by atoms with Crippen molar-refractivity contribution in [2.45, 2.75) is 20.0 Å². The van der Waals surface area contributed by atoms with E-state index in [2.05, 4.69) is 5.32 Å². The van der Waals surface area contributed by atoms with Crippen LogP contribution in [0, 0.1) is 0 Å². The van der Waals surface area contributed by atoms with Gasteiger partial charge in [0.05, 0.1) is 6.10 Å². The van der Waals surface area contributed by atoms with Crippen molar-refractivity contribution in [2.24, 2.45) is 0 Å². The van der Waals surface area contributed by atoms with E-state index in [1.807, 2.05) is 30.3 Å². The summed E-state index contributed by atoms with van der Waals surface area (Å²) >= 11 is 5.74. The number of amides is 1. The second-order valence-electron chi connectivity index (χ2n) is 7.27. The molecule has 1 aromatic heterocycles. The van der Waals surface area contributed by atoms with Gasteiger partial charge in [0.1, 0.15) is 28.2 Å². The number of aromatic hydroxyl groups is 2. The van der Waals surface area contributed by atoms with Gasteiger partial charge < -0.3 is 19.4 Å². The van der Waals surface area contributed by atoms with E-state index in [-0.39, 0.29) is 34.0 Å². The van der Waals surface area contributed by atoms with Crippen LogP contribution < -0.4 is 10.7 Å². The average Bonchev–Trinajstić information content (AvgIpc) is 2.73. The topological polar surface area (TPSA) is 109 Å². The zero-order chi connectivity index (χ0) is 24.0. The number of nitrogens with one attached hydrogen (secondary N) is 1. The third-order valence-corrected chi connectivity index (χ3v) is 4.50. The molecule has 0 bridgehead atoms. The van der Waals surface area contributed by atoms with Gasteiger partial charge in [0.25, 0.3) is 0 Å². The van der Waals surface area contributed by atoms with Crippen molar-refractivity contribution < 1.29 is 24.2 Å². The Bertz CT molecular complexity index is 1320. The summed E-state index contributed by atoms with van der Waals surface area (Å²) < 4.78 is 10.5. The molecule has 3 aromatic carbocycles. The first-order chi connectivity index (χ1) is 15.7. The molecule has 0 fully saturated rings. The second-order valence-corrected chi connectivity index (χ2v) is 7.70. The molecule has 0 saturated carbocycles. The van der Waals surface area contributed by atoms with Crippen LogP contribution in [0.4, 0.5) is 10.5 Å². The van der Waals surface area contributed by atoms with E-state index in [1.165, 1.54) is 12.1 Å². The fourth-order valence-corrected chi connectivity index (χ4v) is 3.12. The summed E-state index contributed by atoms with van der Waals surface area (Å²) in [6.07, 6.45) is -0.601. The highest BCUT2D eigenvalue weighted by Gasteiger charge is 2.11. The minimum atomic E-state index is -0.470. The third kappa shape index (κ3) is 6.51. The van der Waals surface area contributed by atoms with Crippen molar-refractivity contribution in [1.82, 2.24) is 0 Å². The number of rotatable bonds is 3. The highest BCUT2D eigenvalue weighted by molar-refractivity contribution is 6.30. The van der Waals surface area contributed by atoms with Crippen LogP contribution in [0.3, 0.4) is 0 Å². The molecule has 33 heavy (non-hydrogen) atoms. The number of hydrogen-bond donors (Lipinski definition) is 3. The first kappa shape index (κ1) is 23.7. The Balaban J connectivity index is 0.000000196. The number of hydrogen-bond acceptors (Lipinski definition) is 6. The third-order valence-electron chi connectivity index (χ3n) is 4.27. The van der Waals surface area contributed by atoms with Crippen molar-refractivity contribution in [3.63, 3.8) is 0 Å². The number of anilines is 1. The molecule has 7 nitrogen and oxygen atoms in total. The molecular formula is C25H22ClNO6. The van der Waals surface area contributed by atoms with E-state index >= 15 is 0 Å². The summed E-state index contributed by atoms with van der Waals surface area (Å²) in [5.41, 5.74) is 1.19. The molecule has 0 atom stereocenters. The molecular weight excluding hydrogens is 446 g/mol. The Morgan fingerprint density at radius 1 is 1.00 bits per heavy atom. The quantitative estimate of drug-likeness (QED) is 0.332. The van der Waals surface area contributed by atoms with Crippen LogP contribution in [0.25, 0.3) is 22.3 Å². The maximum atomic E-state index is 12.0. The first-order valence-electron chi connectivity index (χ1n) is 10.0. The Kier molecular flexibility index (Phi) is 7.58. The first-order valence-corrected chi connectivity index (χ1v) is 10.4.